The minimum atomic E-state index is -0.291. The van der Waals surface area contributed by atoms with Crippen LogP contribution in [0.4, 0.5) is 4.39 Å². The van der Waals surface area contributed by atoms with E-state index in [1.807, 2.05) is 59.5 Å². The first-order valence-electron chi connectivity index (χ1n) is 12.0. The third-order valence-corrected chi connectivity index (χ3v) is 6.53. The summed E-state index contributed by atoms with van der Waals surface area (Å²) in [6.07, 6.45) is 2.41. The molecule has 1 saturated heterocycles. The van der Waals surface area contributed by atoms with E-state index in [1.165, 1.54) is 12.1 Å². The largest absolute Gasteiger partial charge is 0.497 e. The minimum absolute atomic E-state index is 0.0479. The van der Waals surface area contributed by atoms with Gasteiger partial charge in [-0.15, -0.1) is 0 Å². The molecule has 1 aliphatic rings. The Morgan fingerprint density at radius 2 is 1.71 bits per heavy atom. The van der Waals surface area contributed by atoms with Crippen LogP contribution >= 0.6 is 0 Å². The molecule has 0 spiro atoms. The Labute approximate surface area is 205 Å². The van der Waals surface area contributed by atoms with Gasteiger partial charge in [-0.1, -0.05) is 54.6 Å². The third kappa shape index (κ3) is 6.69. The molecule has 0 saturated carbocycles. The summed E-state index contributed by atoms with van der Waals surface area (Å²) < 4.78 is 18.7. The molecular formula is C29H31FN2O3. The number of hydrogen-bond acceptors (Lipinski definition) is 3. The molecule has 4 rings (SSSR count). The molecule has 6 heteroatoms. The van der Waals surface area contributed by atoms with E-state index in [2.05, 4.69) is 5.32 Å². The van der Waals surface area contributed by atoms with Gasteiger partial charge in [0.2, 0.25) is 11.8 Å². The molecule has 3 aromatic carbocycles. The van der Waals surface area contributed by atoms with E-state index < -0.39 is 0 Å². The minimum Gasteiger partial charge on any atom is -0.497 e. The lowest BCUT2D eigenvalue weighted by atomic mass is 9.94. The molecule has 1 N–H and O–H groups in total. The molecule has 0 bridgehead atoms. The van der Waals surface area contributed by atoms with Crippen molar-refractivity contribution in [3.63, 3.8) is 0 Å². The number of carbonyl (C=O) groups is 2. The van der Waals surface area contributed by atoms with Crippen molar-refractivity contribution < 1.29 is 18.7 Å². The van der Waals surface area contributed by atoms with Crippen LogP contribution in [0.25, 0.3) is 0 Å². The van der Waals surface area contributed by atoms with Crippen molar-refractivity contribution in [3.05, 3.63) is 101 Å². The maximum absolute atomic E-state index is 13.4. The van der Waals surface area contributed by atoms with E-state index in [4.69, 9.17) is 4.74 Å². The molecule has 182 valence electrons. The van der Waals surface area contributed by atoms with Crippen LogP contribution in [0.15, 0.2) is 78.9 Å². The second-order valence-corrected chi connectivity index (χ2v) is 9.01. The molecule has 0 aliphatic carbocycles. The molecule has 1 heterocycles. The van der Waals surface area contributed by atoms with Crippen molar-refractivity contribution in [1.82, 2.24) is 10.2 Å². The summed E-state index contributed by atoms with van der Waals surface area (Å²) in [5, 5.41) is 3.20. The summed E-state index contributed by atoms with van der Waals surface area (Å²) in [6.45, 7) is 1.09. The molecule has 35 heavy (non-hydrogen) atoms. The van der Waals surface area contributed by atoms with Crippen molar-refractivity contribution in [2.24, 2.45) is 5.92 Å². The van der Waals surface area contributed by atoms with E-state index in [-0.39, 0.29) is 29.6 Å². The SMILES string of the molecule is COc1ccc(C(Cc2ccc(F)cc2)NC(=O)C2CCCN(C(=O)Cc3ccccc3)C2)cc1. The summed E-state index contributed by atoms with van der Waals surface area (Å²) in [4.78, 5) is 28.0. The Morgan fingerprint density at radius 3 is 2.40 bits per heavy atom. The number of likely N-dealkylation sites (tertiary alicyclic amines) is 1. The number of halogens is 1. The van der Waals surface area contributed by atoms with Crippen LogP contribution in [0.5, 0.6) is 5.75 Å². The Bertz CT molecular complexity index is 1120. The van der Waals surface area contributed by atoms with E-state index in [0.29, 0.717) is 25.9 Å². The Morgan fingerprint density at radius 1 is 1.00 bits per heavy atom. The highest BCUT2D eigenvalue weighted by atomic mass is 19.1. The summed E-state index contributed by atoms with van der Waals surface area (Å²) in [5.41, 5.74) is 2.84. The smallest absolute Gasteiger partial charge is 0.227 e. The van der Waals surface area contributed by atoms with E-state index in [9.17, 15) is 14.0 Å². The lowest BCUT2D eigenvalue weighted by Gasteiger charge is -2.33. The number of piperidine rings is 1. The molecule has 1 fully saturated rings. The monoisotopic (exact) mass is 474 g/mol. The van der Waals surface area contributed by atoms with Crippen molar-refractivity contribution >= 4 is 11.8 Å². The van der Waals surface area contributed by atoms with Gasteiger partial charge in [0.25, 0.3) is 0 Å². The van der Waals surface area contributed by atoms with Gasteiger partial charge < -0.3 is 15.0 Å². The first-order valence-corrected chi connectivity index (χ1v) is 12.0. The Hall–Kier alpha value is -3.67. The predicted octanol–water partition coefficient (Wildman–Crippen LogP) is 4.72. The van der Waals surface area contributed by atoms with E-state index in [1.54, 1.807) is 19.2 Å². The predicted molar refractivity (Wildman–Crippen MR) is 133 cm³/mol. The van der Waals surface area contributed by atoms with Crippen LogP contribution in [0.2, 0.25) is 0 Å². The quantitative estimate of drug-likeness (QED) is 0.514. The second kappa shape index (κ2) is 11.6. The first-order chi connectivity index (χ1) is 17.0. The zero-order valence-electron chi connectivity index (χ0n) is 20.0. The van der Waals surface area contributed by atoms with Crippen molar-refractivity contribution in [2.45, 2.75) is 31.7 Å². The number of nitrogens with one attached hydrogen (secondary N) is 1. The fourth-order valence-corrected chi connectivity index (χ4v) is 4.53. The van der Waals surface area contributed by atoms with Gasteiger partial charge in [0.1, 0.15) is 11.6 Å². The summed E-state index contributed by atoms with van der Waals surface area (Å²) in [7, 11) is 1.61. The molecular weight excluding hydrogens is 443 g/mol. The number of hydrogen-bond donors (Lipinski definition) is 1. The molecule has 0 aromatic heterocycles. The highest BCUT2D eigenvalue weighted by Gasteiger charge is 2.30. The van der Waals surface area contributed by atoms with E-state index in [0.717, 1.165) is 35.3 Å². The molecule has 2 atom stereocenters. The van der Waals surface area contributed by atoms with Crippen LogP contribution in [-0.2, 0) is 22.4 Å². The molecule has 5 nitrogen and oxygen atoms in total. The van der Waals surface area contributed by atoms with Gasteiger partial charge >= 0.3 is 0 Å². The van der Waals surface area contributed by atoms with Gasteiger partial charge in [-0.3, -0.25) is 9.59 Å². The van der Waals surface area contributed by atoms with Crippen LogP contribution in [-0.4, -0.2) is 36.9 Å². The molecule has 1 aliphatic heterocycles. The highest BCUT2D eigenvalue weighted by molar-refractivity contribution is 5.82. The number of carbonyl (C=O) groups excluding carboxylic acids is 2. The molecule has 2 amide bonds. The standard InChI is InChI=1S/C29H31FN2O3/c1-35-26-15-11-23(12-16-26)27(18-22-9-13-25(30)14-10-22)31-29(34)24-8-5-17-32(20-24)28(33)19-21-6-3-2-4-7-21/h2-4,6-7,9-16,24,27H,5,8,17-20H2,1H3,(H,31,34). The average molecular weight is 475 g/mol. The van der Waals surface area contributed by atoms with Crippen LogP contribution in [0, 0.1) is 11.7 Å². The maximum atomic E-state index is 13.4. The second-order valence-electron chi connectivity index (χ2n) is 9.01. The topological polar surface area (TPSA) is 58.6 Å². The summed E-state index contributed by atoms with van der Waals surface area (Å²) in [5.74, 6) is 0.163. The Kier molecular flexibility index (Phi) is 8.14. The number of benzene rings is 3. The zero-order valence-corrected chi connectivity index (χ0v) is 20.0. The fourth-order valence-electron chi connectivity index (χ4n) is 4.53. The van der Waals surface area contributed by atoms with Crippen LogP contribution in [0.1, 0.15) is 35.6 Å². The molecule has 3 aromatic rings. The van der Waals surface area contributed by atoms with Gasteiger partial charge in [-0.05, 0) is 60.2 Å². The number of amides is 2. The van der Waals surface area contributed by atoms with Gasteiger partial charge in [0, 0.05) is 13.1 Å². The van der Waals surface area contributed by atoms with Gasteiger partial charge in [-0.2, -0.15) is 0 Å². The summed E-state index contributed by atoms with van der Waals surface area (Å²) in [6, 6.07) is 23.3. The van der Waals surface area contributed by atoms with Crippen molar-refractivity contribution in [2.75, 3.05) is 20.2 Å². The molecule has 2 unspecified atom stereocenters. The number of methoxy groups -OCH3 is 1. The van der Waals surface area contributed by atoms with Gasteiger partial charge in [-0.25, -0.2) is 4.39 Å². The normalized spacial score (nSPS) is 16.4. The van der Waals surface area contributed by atoms with Crippen molar-refractivity contribution in [1.29, 1.82) is 0 Å². The number of rotatable bonds is 8. The zero-order chi connectivity index (χ0) is 24.6. The Balaban J connectivity index is 1.44. The van der Waals surface area contributed by atoms with Gasteiger partial charge in [0.15, 0.2) is 0 Å². The lowest BCUT2D eigenvalue weighted by molar-refractivity contribution is -0.135. The lowest BCUT2D eigenvalue weighted by Crippen LogP contribution is -2.46. The van der Waals surface area contributed by atoms with Crippen molar-refractivity contribution in [3.8, 4) is 5.75 Å². The maximum Gasteiger partial charge on any atom is 0.227 e. The number of nitrogens with zero attached hydrogens (tertiary/aromatic N) is 1. The van der Waals surface area contributed by atoms with E-state index >= 15 is 0 Å². The number of ether oxygens (including phenoxy) is 1. The van der Waals surface area contributed by atoms with Crippen LogP contribution < -0.4 is 10.1 Å². The fraction of sp³-hybridized carbons (Fsp3) is 0.310. The summed E-state index contributed by atoms with van der Waals surface area (Å²) >= 11 is 0. The molecule has 0 radical (unpaired) electrons. The highest BCUT2D eigenvalue weighted by Crippen LogP contribution is 2.24. The average Bonchev–Trinajstić information content (AvgIpc) is 2.90. The third-order valence-electron chi connectivity index (χ3n) is 6.53. The first kappa shape index (κ1) is 24.5. The van der Waals surface area contributed by atoms with Gasteiger partial charge in [0.05, 0.1) is 25.5 Å². The van der Waals surface area contributed by atoms with Crippen LogP contribution in [0.3, 0.4) is 0 Å².